The number of methoxy groups -OCH3 is 6. The molecule has 0 saturated carbocycles. The minimum Gasteiger partial charge on any atom is -0.459 e. The topological polar surface area (TPSA) is 266 Å². The van der Waals surface area contributed by atoms with Crippen molar-refractivity contribution < 1.29 is 97.1 Å². The van der Waals surface area contributed by atoms with Gasteiger partial charge in [0, 0.05) is 117 Å². The third-order valence-electron chi connectivity index (χ3n) is 22.5. The van der Waals surface area contributed by atoms with Gasteiger partial charge in [-0.25, -0.2) is 9.59 Å². The monoisotopic (exact) mass is 1400 g/mol. The van der Waals surface area contributed by atoms with Gasteiger partial charge >= 0.3 is 11.9 Å². The van der Waals surface area contributed by atoms with Crippen LogP contribution in [0, 0.1) is 41.4 Å². The number of esters is 2. The van der Waals surface area contributed by atoms with Crippen LogP contribution in [0.25, 0.3) is 0 Å². The molecule has 5 rings (SSSR count). The first-order chi connectivity index (χ1) is 47.1. The summed E-state index contributed by atoms with van der Waals surface area (Å²) in [5.41, 5.74) is 1.58. The van der Waals surface area contributed by atoms with Crippen LogP contribution in [-0.2, 0) is 66.4 Å². The lowest BCUT2D eigenvalue weighted by Crippen LogP contribution is -2.45. The van der Waals surface area contributed by atoms with Crippen molar-refractivity contribution in [3.05, 3.63) is 71.9 Å². The molecule has 0 aromatic rings. The third-order valence-corrected chi connectivity index (χ3v) is 22.5. The number of carbonyl (C=O) groups excluding carboxylic acids is 2. The van der Waals surface area contributed by atoms with E-state index in [0.29, 0.717) is 64.2 Å². The standard InChI is InChI=1S/C79H134O20/c1-47-24-30-58(88-12)38-60-21-19-23-63(97-60)43-74(93-17)54(8)70(82)45-72(84)56(10)79(57(11)78(87)50(4)29-33-65-41-67(91-15)37-52(6)95-65)99-77(86)35-27-48(2)25-31-59(89-13)39-61-20-18-22-62(96-61)42-73(92-16)53(7)69(81)44-71(83)55(9)75(98-76(85)34-26-47)46-68(80)49(3)28-32-64-40-66(90-14)36-51(5)94-64/h18-21,24-27,34-35,49-75,78-84,87H,22-23,28-33,36-46H2,1-17H3/b34-26+,35-27+,47-24+,48-25+/t49-,50-,51-,52-,53-,54-,55-,56-,57-,58-,59-,60-,61-,62-,63?,64?,65-,66+,67+,68+,69-,70-,71+,72+,73-,74-,75+,78-,79-/m0/s1. The molecule has 99 heavy (non-hydrogen) atoms. The van der Waals surface area contributed by atoms with Crippen LogP contribution in [0.3, 0.4) is 0 Å². The maximum absolute atomic E-state index is 14.0. The highest BCUT2D eigenvalue weighted by Crippen LogP contribution is 2.36. The third kappa shape index (κ3) is 29.3. The molecule has 5 aliphatic rings. The van der Waals surface area contributed by atoms with Gasteiger partial charge in [-0.3, -0.25) is 0 Å². The van der Waals surface area contributed by atoms with Crippen LogP contribution in [0.4, 0.5) is 0 Å². The van der Waals surface area contributed by atoms with Crippen LogP contribution < -0.4 is 0 Å². The molecule has 5 aliphatic heterocycles. The van der Waals surface area contributed by atoms with E-state index in [2.05, 4.69) is 19.1 Å². The molecule has 5 heterocycles. The van der Waals surface area contributed by atoms with Crippen LogP contribution in [0.1, 0.15) is 198 Å². The van der Waals surface area contributed by atoms with Crippen LogP contribution in [0.2, 0.25) is 0 Å². The molecule has 2 fully saturated rings. The zero-order valence-electron chi connectivity index (χ0n) is 63.4. The second kappa shape index (κ2) is 44.5. The van der Waals surface area contributed by atoms with E-state index in [-0.39, 0.29) is 104 Å². The first-order valence-corrected chi connectivity index (χ1v) is 37.4. The van der Waals surface area contributed by atoms with Gasteiger partial charge in [-0.15, -0.1) is 0 Å². The lowest BCUT2D eigenvalue weighted by Gasteiger charge is -2.38. The number of aliphatic hydroxyl groups is 6. The van der Waals surface area contributed by atoms with Gasteiger partial charge in [0.2, 0.25) is 0 Å². The number of fused-ring (bicyclic) bond motifs is 4. The summed E-state index contributed by atoms with van der Waals surface area (Å²) >= 11 is 0. The zero-order valence-corrected chi connectivity index (χ0v) is 63.4. The summed E-state index contributed by atoms with van der Waals surface area (Å²) in [6.45, 7) is 21.1. The second-order valence-electron chi connectivity index (χ2n) is 30.3. The Morgan fingerprint density at radius 2 is 0.879 bits per heavy atom. The molecule has 0 radical (unpaired) electrons. The Hall–Kier alpha value is -3.26. The molecule has 20 nitrogen and oxygen atoms in total. The molecule has 570 valence electrons. The normalized spacial score (nSPS) is 40.4. The molecule has 2 unspecified atom stereocenters. The van der Waals surface area contributed by atoms with E-state index in [1.807, 2.05) is 79.7 Å². The average Bonchev–Trinajstić information content (AvgIpc) is 1.03. The smallest absolute Gasteiger partial charge is 0.331 e. The molecular formula is C79H134O20. The zero-order chi connectivity index (χ0) is 73.0. The minimum absolute atomic E-state index is 0.00815. The molecule has 2 saturated heterocycles. The van der Waals surface area contributed by atoms with Crippen molar-refractivity contribution in [1.82, 2.24) is 0 Å². The molecule has 0 aromatic heterocycles. The number of hydrogen-bond acceptors (Lipinski definition) is 20. The molecule has 0 aliphatic carbocycles. The van der Waals surface area contributed by atoms with E-state index in [0.717, 1.165) is 49.7 Å². The van der Waals surface area contributed by atoms with Crippen molar-refractivity contribution in [2.45, 2.75) is 332 Å². The average molecular weight is 1400 g/mol. The summed E-state index contributed by atoms with van der Waals surface area (Å²) in [7, 11) is 9.98. The van der Waals surface area contributed by atoms with Crippen molar-refractivity contribution in [2.24, 2.45) is 41.4 Å². The van der Waals surface area contributed by atoms with E-state index in [1.54, 1.807) is 68.7 Å². The molecule has 29 atom stereocenters. The maximum Gasteiger partial charge on any atom is 0.331 e. The molecule has 20 heteroatoms. The highest BCUT2D eigenvalue weighted by Gasteiger charge is 2.41. The van der Waals surface area contributed by atoms with Gasteiger partial charge in [0.15, 0.2) is 0 Å². The number of hydrogen-bond donors (Lipinski definition) is 6. The SMILES string of the molecule is CO[C@H]1CC(CC[C@H](C)[C@H](O)C[C@H]2OC(=O)/C=C/C(C)=C/C[C@H](OC)C[C@@H]3C=CCC(C[C@H](OC)[C@@H](C)[C@@H](O)C[C@@H](O)[C@H](C)[C@@H]([C@@H](C)[C@@H](O)[C@@H](C)CC[C@H]4C[C@H](OC)C[C@H](C)O4)OC(=O)/C=C/C(C)=C/C[C@H](OC)C[C@@H]4C=CC[C@@H](C[C@H](OC)[C@@H](C)[C@@H](O)C[C@@H](O)[C@@H]2C)O4)O3)O[C@@H](C)C1. The van der Waals surface area contributed by atoms with E-state index in [9.17, 15) is 40.2 Å². The predicted molar refractivity (Wildman–Crippen MR) is 383 cm³/mol. The Balaban J connectivity index is 1.37. The predicted octanol–water partition coefficient (Wildman–Crippen LogP) is 11.2. The fourth-order valence-electron chi connectivity index (χ4n) is 15.2. The molecular weight excluding hydrogens is 1270 g/mol. The van der Waals surface area contributed by atoms with Gasteiger partial charge in [-0.2, -0.15) is 0 Å². The molecule has 0 amide bonds. The van der Waals surface area contributed by atoms with Crippen LogP contribution >= 0.6 is 0 Å². The number of rotatable bonds is 18. The fraction of sp³-hybridized carbons (Fsp3) is 0.823. The summed E-state index contributed by atoms with van der Waals surface area (Å²) in [4.78, 5) is 27.9. The number of allylic oxidation sites excluding steroid dienone is 4. The Morgan fingerprint density at radius 3 is 1.31 bits per heavy atom. The number of ether oxygens (including phenoxy) is 12. The Bertz CT molecular complexity index is 2480. The highest BCUT2D eigenvalue weighted by molar-refractivity contribution is 5.83. The van der Waals surface area contributed by atoms with Crippen LogP contribution in [0.15, 0.2) is 71.9 Å². The van der Waals surface area contributed by atoms with E-state index >= 15 is 0 Å². The van der Waals surface area contributed by atoms with Gasteiger partial charge in [0.1, 0.15) is 12.2 Å². The highest BCUT2D eigenvalue weighted by atomic mass is 16.6. The van der Waals surface area contributed by atoms with E-state index in [4.69, 9.17) is 56.8 Å². The first-order valence-electron chi connectivity index (χ1n) is 37.4. The Labute approximate surface area is 594 Å². The van der Waals surface area contributed by atoms with Crippen molar-refractivity contribution in [2.75, 3.05) is 42.7 Å². The first kappa shape index (κ1) is 86.4. The van der Waals surface area contributed by atoms with Crippen molar-refractivity contribution in [3.8, 4) is 0 Å². The van der Waals surface area contributed by atoms with Crippen molar-refractivity contribution in [1.29, 1.82) is 0 Å². The Morgan fingerprint density at radius 1 is 0.465 bits per heavy atom. The Kier molecular flexibility index (Phi) is 38.8. The summed E-state index contributed by atoms with van der Waals surface area (Å²) in [5.74, 6) is -4.54. The van der Waals surface area contributed by atoms with Gasteiger partial charge < -0.3 is 87.5 Å². The quantitative estimate of drug-likeness (QED) is 0.0550. The summed E-state index contributed by atoms with van der Waals surface area (Å²) < 4.78 is 73.7. The fourth-order valence-corrected chi connectivity index (χ4v) is 15.2. The van der Waals surface area contributed by atoms with Crippen LogP contribution in [0.5, 0.6) is 0 Å². The van der Waals surface area contributed by atoms with Gasteiger partial charge in [0.05, 0.1) is 122 Å². The number of cyclic esters (lactones) is 2. The van der Waals surface area contributed by atoms with E-state index in [1.165, 1.54) is 12.2 Å². The molecule has 0 aromatic carbocycles. The molecule has 0 spiro atoms. The van der Waals surface area contributed by atoms with Gasteiger partial charge in [-0.05, 0) is 129 Å². The summed E-state index contributed by atoms with van der Waals surface area (Å²) in [5, 5.41) is 71.7. The largest absolute Gasteiger partial charge is 0.459 e. The summed E-state index contributed by atoms with van der Waals surface area (Å²) in [6, 6.07) is 0. The van der Waals surface area contributed by atoms with E-state index < -0.39 is 103 Å². The number of aliphatic hydroxyl groups excluding tert-OH is 6. The van der Waals surface area contributed by atoms with Crippen molar-refractivity contribution >= 4 is 11.9 Å². The van der Waals surface area contributed by atoms with Gasteiger partial charge in [-0.1, -0.05) is 108 Å². The maximum atomic E-state index is 14.0. The minimum atomic E-state index is -1.14. The van der Waals surface area contributed by atoms with Crippen molar-refractivity contribution in [3.63, 3.8) is 0 Å². The van der Waals surface area contributed by atoms with Crippen LogP contribution in [-0.4, -0.2) is 220 Å². The summed E-state index contributed by atoms with van der Waals surface area (Å²) in [6.07, 6.45) is 18.5. The lowest BCUT2D eigenvalue weighted by molar-refractivity contribution is -0.157. The molecule has 6 N–H and O–H groups in total. The second-order valence-corrected chi connectivity index (χ2v) is 30.3. The van der Waals surface area contributed by atoms with Gasteiger partial charge in [0.25, 0.3) is 0 Å². The number of carbonyl (C=O) groups is 2. The molecule has 4 bridgehead atoms. The lowest BCUT2D eigenvalue weighted by atomic mass is 9.78.